The molecule has 2 aromatic carbocycles. The van der Waals surface area contributed by atoms with Gasteiger partial charge in [-0.25, -0.2) is 4.79 Å². The predicted molar refractivity (Wildman–Crippen MR) is 119 cm³/mol. The quantitative estimate of drug-likeness (QED) is 0.518. The summed E-state index contributed by atoms with van der Waals surface area (Å²) in [6, 6.07) is 13.7. The van der Waals surface area contributed by atoms with Gasteiger partial charge in [0.2, 0.25) is 5.91 Å². The van der Waals surface area contributed by atoms with E-state index in [2.05, 4.69) is 0 Å². The lowest BCUT2D eigenvalue weighted by Crippen LogP contribution is -2.38. The minimum Gasteiger partial charge on any atom is -0.462 e. The smallest absolute Gasteiger partial charge is 0.416 e. The van der Waals surface area contributed by atoms with E-state index in [1.54, 1.807) is 31.2 Å². The van der Waals surface area contributed by atoms with Gasteiger partial charge < -0.3 is 9.64 Å². The van der Waals surface area contributed by atoms with Crippen LogP contribution in [0.1, 0.15) is 55.4 Å². The largest absolute Gasteiger partial charge is 0.462 e. The Hall–Kier alpha value is -3.60. The number of rotatable bonds is 6. The number of carbonyl (C=O) groups is 2. The van der Waals surface area contributed by atoms with Crippen LogP contribution in [0.15, 0.2) is 59.8 Å². The molecule has 1 aliphatic heterocycles. The Labute approximate surface area is 196 Å². The summed E-state index contributed by atoms with van der Waals surface area (Å²) in [4.78, 5) is 27.6. The summed E-state index contributed by atoms with van der Waals surface area (Å²) in [6.07, 6.45) is -4.95. The SMILES string of the molecule is CC1=C(C(=O)OCC(C)C)C(c2ccccc2C(F)(F)F)CC(=O)N1Cc1cccc(C#N)c1. The van der Waals surface area contributed by atoms with E-state index in [0.717, 1.165) is 6.07 Å². The van der Waals surface area contributed by atoms with Gasteiger partial charge in [0.05, 0.1) is 35.9 Å². The summed E-state index contributed by atoms with van der Waals surface area (Å²) in [5.41, 5.74) is 0.339. The van der Waals surface area contributed by atoms with Crippen LogP contribution in [0.4, 0.5) is 13.2 Å². The summed E-state index contributed by atoms with van der Waals surface area (Å²) in [6.45, 7) is 5.42. The maximum absolute atomic E-state index is 13.8. The molecule has 8 heteroatoms. The fourth-order valence-electron chi connectivity index (χ4n) is 4.03. The monoisotopic (exact) mass is 470 g/mol. The number of alkyl halides is 3. The van der Waals surface area contributed by atoms with Crippen LogP contribution in [0, 0.1) is 17.2 Å². The van der Waals surface area contributed by atoms with Crippen LogP contribution in [0.2, 0.25) is 0 Å². The van der Waals surface area contributed by atoms with Crippen LogP contribution in [0.3, 0.4) is 0 Å². The van der Waals surface area contributed by atoms with Gasteiger partial charge in [-0.05, 0) is 42.2 Å². The van der Waals surface area contributed by atoms with Crippen LogP contribution in [-0.2, 0) is 27.0 Å². The molecule has 1 heterocycles. The molecular weight excluding hydrogens is 445 g/mol. The Morgan fingerprint density at radius 1 is 1.21 bits per heavy atom. The molecule has 0 aromatic heterocycles. The van der Waals surface area contributed by atoms with Gasteiger partial charge in [-0.15, -0.1) is 0 Å². The molecule has 3 rings (SSSR count). The fourth-order valence-corrected chi connectivity index (χ4v) is 4.03. The van der Waals surface area contributed by atoms with Crippen LogP contribution in [0.5, 0.6) is 0 Å². The molecule has 0 saturated carbocycles. The first kappa shape index (κ1) is 25.0. The third kappa shape index (κ3) is 5.48. The van der Waals surface area contributed by atoms with Crippen molar-refractivity contribution in [1.29, 1.82) is 5.26 Å². The number of ether oxygens (including phenoxy) is 1. The number of nitriles is 1. The van der Waals surface area contributed by atoms with Crippen molar-refractivity contribution in [2.24, 2.45) is 5.92 Å². The van der Waals surface area contributed by atoms with Gasteiger partial charge in [-0.3, -0.25) is 4.79 Å². The van der Waals surface area contributed by atoms with E-state index in [9.17, 15) is 22.8 Å². The topological polar surface area (TPSA) is 70.4 Å². The number of hydrogen-bond acceptors (Lipinski definition) is 4. The molecule has 5 nitrogen and oxygen atoms in total. The molecule has 178 valence electrons. The van der Waals surface area contributed by atoms with Crippen molar-refractivity contribution in [3.63, 3.8) is 0 Å². The van der Waals surface area contributed by atoms with Crippen LogP contribution in [-0.4, -0.2) is 23.4 Å². The lowest BCUT2D eigenvalue weighted by Gasteiger charge is -2.35. The second-order valence-electron chi connectivity index (χ2n) is 8.63. The summed E-state index contributed by atoms with van der Waals surface area (Å²) < 4.78 is 46.7. The number of carbonyl (C=O) groups excluding carboxylic acids is 2. The minimum atomic E-state index is -4.64. The van der Waals surface area contributed by atoms with Crippen molar-refractivity contribution in [3.8, 4) is 6.07 Å². The number of amides is 1. The number of allylic oxidation sites excluding steroid dienone is 1. The van der Waals surface area contributed by atoms with E-state index in [4.69, 9.17) is 10.00 Å². The average molecular weight is 470 g/mol. The number of nitrogens with zero attached hydrogens (tertiary/aromatic N) is 2. The highest BCUT2D eigenvalue weighted by molar-refractivity contribution is 5.96. The summed E-state index contributed by atoms with van der Waals surface area (Å²) >= 11 is 0. The molecule has 1 atom stereocenters. The van der Waals surface area contributed by atoms with Gasteiger partial charge in [0.25, 0.3) is 0 Å². The standard InChI is InChI=1S/C26H25F3N2O3/c1-16(2)15-34-25(33)24-17(3)31(14-19-8-6-7-18(11-19)13-30)23(32)12-21(24)20-9-4-5-10-22(20)26(27,28)29/h4-11,16,21H,12,14-15H2,1-3H3. The Bertz CT molecular complexity index is 1160. The molecule has 34 heavy (non-hydrogen) atoms. The van der Waals surface area contributed by atoms with Crippen molar-refractivity contribution in [2.75, 3.05) is 6.61 Å². The second kappa shape index (κ2) is 10.1. The zero-order chi connectivity index (χ0) is 25.0. The molecule has 2 aromatic rings. The van der Waals surface area contributed by atoms with Gasteiger partial charge in [-0.1, -0.05) is 44.2 Å². The molecule has 0 spiro atoms. The third-order valence-corrected chi connectivity index (χ3v) is 5.63. The molecule has 0 fully saturated rings. The second-order valence-corrected chi connectivity index (χ2v) is 8.63. The Morgan fingerprint density at radius 3 is 2.56 bits per heavy atom. The molecule has 0 bridgehead atoms. The van der Waals surface area contributed by atoms with Crippen molar-refractivity contribution >= 4 is 11.9 Å². The highest BCUT2D eigenvalue weighted by Gasteiger charge is 2.42. The molecule has 1 aliphatic rings. The normalized spacial score (nSPS) is 16.6. The molecule has 0 radical (unpaired) electrons. The Morgan fingerprint density at radius 2 is 1.91 bits per heavy atom. The van der Waals surface area contributed by atoms with E-state index in [-0.39, 0.29) is 42.3 Å². The summed E-state index contributed by atoms with van der Waals surface area (Å²) in [7, 11) is 0. The third-order valence-electron chi connectivity index (χ3n) is 5.63. The van der Waals surface area contributed by atoms with Gasteiger partial charge in [-0.2, -0.15) is 18.4 Å². The molecule has 1 amide bonds. The van der Waals surface area contributed by atoms with Crippen LogP contribution in [0.25, 0.3) is 0 Å². The minimum absolute atomic E-state index is 0.0285. The van der Waals surface area contributed by atoms with Crippen molar-refractivity contribution in [2.45, 2.75) is 45.8 Å². The average Bonchev–Trinajstić information content (AvgIpc) is 2.79. The van der Waals surface area contributed by atoms with Crippen LogP contribution < -0.4 is 0 Å². The predicted octanol–water partition coefficient (Wildman–Crippen LogP) is 5.57. The van der Waals surface area contributed by atoms with Crippen molar-refractivity contribution in [3.05, 3.63) is 82.1 Å². The van der Waals surface area contributed by atoms with E-state index in [1.807, 2.05) is 19.9 Å². The maximum atomic E-state index is 13.8. The molecule has 0 aliphatic carbocycles. The van der Waals surface area contributed by atoms with Crippen LogP contribution >= 0.6 is 0 Å². The van der Waals surface area contributed by atoms with Crippen molar-refractivity contribution in [1.82, 2.24) is 4.90 Å². The summed E-state index contributed by atoms with van der Waals surface area (Å²) in [5, 5.41) is 9.15. The highest BCUT2D eigenvalue weighted by Crippen LogP contribution is 2.43. The van der Waals surface area contributed by atoms with E-state index >= 15 is 0 Å². The highest BCUT2D eigenvalue weighted by atomic mass is 19.4. The maximum Gasteiger partial charge on any atom is 0.416 e. The number of esters is 1. The first-order valence-electron chi connectivity index (χ1n) is 10.9. The van der Waals surface area contributed by atoms with E-state index < -0.39 is 29.5 Å². The lowest BCUT2D eigenvalue weighted by atomic mass is 9.81. The van der Waals surface area contributed by atoms with E-state index in [0.29, 0.717) is 11.1 Å². The first-order chi connectivity index (χ1) is 16.0. The number of hydrogen-bond donors (Lipinski definition) is 0. The summed E-state index contributed by atoms with van der Waals surface area (Å²) in [5.74, 6) is -2.22. The Balaban J connectivity index is 2.10. The van der Waals surface area contributed by atoms with E-state index in [1.165, 1.54) is 23.1 Å². The zero-order valence-corrected chi connectivity index (χ0v) is 19.1. The molecular formula is C26H25F3N2O3. The van der Waals surface area contributed by atoms with Gasteiger partial charge in [0.1, 0.15) is 0 Å². The van der Waals surface area contributed by atoms with Gasteiger partial charge in [0.15, 0.2) is 0 Å². The molecule has 0 saturated heterocycles. The molecule has 1 unspecified atom stereocenters. The Kier molecular flexibility index (Phi) is 7.45. The number of benzene rings is 2. The molecule has 0 N–H and O–H groups in total. The van der Waals surface area contributed by atoms with Crippen molar-refractivity contribution < 1.29 is 27.5 Å². The first-order valence-corrected chi connectivity index (χ1v) is 10.9. The number of halogens is 3. The zero-order valence-electron chi connectivity index (χ0n) is 19.1. The fraction of sp³-hybridized carbons (Fsp3) is 0.346. The lowest BCUT2D eigenvalue weighted by molar-refractivity contribution is -0.143. The van der Waals surface area contributed by atoms with Gasteiger partial charge in [0, 0.05) is 18.0 Å². The van der Waals surface area contributed by atoms with Gasteiger partial charge >= 0.3 is 12.1 Å².